The molecule has 0 atom stereocenters. The quantitative estimate of drug-likeness (QED) is 0.725. The maximum absolute atomic E-state index is 13.0. The van der Waals surface area contributed by atoms with Crippen molar-refractivity contribution in [2.45, 2.75) is 6.54 Å². The summed E-state index contributed by atoms with van der Waals surface area (Å²) in [6.07, 6.45) is 1.67. The van der Waals surface area contributed by atoms with E-state index >= 15 is 0 Å². The van der Waals surface area contributed by atoms with E-state index < -0.39 is 0 Å². The number of halogens is 1. The van der Waals surface area contributed by atoms with Gasteiger partial charge in [0, 0.05) is 50.3 Å². The van der Waals surface area contributed by atoms with E-state index in [2.05, 4.69) is 44.4 Å². The first-order valence-corrected chi connectivity index (χ1v) is 9.73. The van der Waals surface area contributed by atoms with Gasteiger partial charge in [0.1, 0.15) is 11.5 Å². The molecule has 6 heteroatoms. The van der Waals surface area contributed by atoms with Crippen molar-refractivity contribution in [1.29, 1.82) is 0 Å². The highest BCUT2D eigenvalue weighted by atomic mass is 19.1. The normalized spacial score (nSPS) is 14.0. The standard InChI is InChI=1S/C23H23FN4O/c24-19-8-6-18(7-9-19)17-26-23(29)22-16-21(10-11-25-22)28-14-12-27(13-15-28)20-4-2-1-3-5-20/h1-11,16H,12-15,17H2,(H,26,29). The molecule has 1 fully saturated rings. The van der Waals surface area contributed by atoms with Crippen molar-refractivity contribution in [3.8, 4) is 0 Å². The average molecular weight is 390 g/mol. The van der Waals surface area contributed by atoms with E-state index in [0.717, 1.165) is 37.4 Å². The molecule has 2 aromatic carbocycles. The van der Waals surface area contributed by atoms with Crippen LogP contribution < -0.4 is 15.1 Å². The van der Waals surface area contributed by atoms with Gasteiger partial charge in [-0.05, 0) is 42.0 Å². The molecule has 0 unspecified atom stereocenters. The van der Waals surface area contributed by atoms with Gasteiger partial charge in [0.2, 0.25) is 0 Å². The second-order valence-corrected chi connectivity index (χ2v) is 7.02. The Hall–Kier alpha value is -3.41. The van der Waals surface area contributed by atoms with Gasteiger partial charge < -0.3 is 15.1 Å². The Bertz CT molecular complexity index is 954. The summed E-state index contributed by atoms with van der Waals surface area (Å²) >= 11 is 0. The van der Waals surface area contributed by atoms with Gasteiger partial charge in [-0.15, -0.1) is 0 Å². The first-order chi connectivity index (χ1) is 14.2. The summed E-state index contributed by atoms with van der Waals surface area (Å²) in [6, 6.07) is 20.3. The molecule has 1 N–H and O–H groups in total. The topological polar surface area (TPSA) is 48.5 Å². The Balaban J connectivity index is 1.36. The number of hydrogen-bond donors (Lipinski definition) is 1. The molecule has 4 rings (SSSR count). The molecule has 1 aliphatic heterocycles. The number of piperazine rings is 1. The Labute approximate surface area is 169 Å². The van der Waals surface area contributed by atoms with Crippen molar-refractivity contribution >= 4 is 17.3 Å². The van der Waals surface area contributed by atoms with Crippen LogP contribution in [0.2, 0.25) is 0 Å². The summed E-state index contributed by atoms with van der Waals surface area (Å²) in [5.41, 5.74) is 3.46. The second kappa shape index (κ2) is 8.73. The van der Waals surface area contributed by atoms with Crippen molar-refractivity contribution in [3.63, 3.8) is 0 Å². The van der Waals surface area contributed by atoms with Crippen LogP contribution in [0.1, 0.15) is 16.1 Å². The zero-order valence-electron chi connectivity index (χ0n) is 16.1. The minimum absolute atomic E-state index is 0.237. The molecule has 148 valence electrons. The number of nitrogens with one attached hydrogen (secondary N) is 1. The smallest absolute Gasteiger partial charge is 0.270 e. The number of para-hydroxylation sites is 1. The van der Waals surface area contributed by atoms with Crippen molar-refractivity contribution in [3.05, 3.63) is 90.0 Å². The number of aromatic nitrogens is 1. The Morgan fingerprint density at radius 3 is 2.24 bits per heavy atom. The fraction of sp³-hybridized carbons (Fsp3) is 0.217. The molecule has 0 spiro atoms. The van der Waals surface area contributed by atoms with Crippen molar-refractivity contribution in [2.75, 3.05) is 36.0 Å². The van der Waals surface area contributed by atoms with Crippen LogP contribution in [0.4, 0.5) is 15.8 Å². The lowest BCUT2D eigenvalue weighted by Crippen LogP contribution is -2.46. The summed E-state index contributed by atoms with van der Waals surface area (Å²) in [6.45, 7) is 3.96. The number of hydrogen-bond acceptors (Lipinski definition) is 4. The van der Waals surface area contributed by atoms with Crippen LogP contribution in [0.15, 0.2) is 72.9 Å². The number of amides is 1. The van der Waals surface area contributed by atoms with Gasteiger partial charge in [-0.2, -0.15) is 0 Å². The van der Waals surface area contributed by atoms with Gasteiger partial charge in [0.15, 0.2) is 0 Å². The molecule has 0 saturated carbocycles. The Morgan fingerprint density at radius 1 is 0.897 bits per heavy atom. The molecular weight excluding hydrogens is 367 g/mol. The third-order valence-corrected chi connectivity index (χ3v) is 5.11. The Morgan fingerprint density at radius 2 is 1.55 bits per heavy atom. The van der Waals surface area contributed by atoms with E-state index in [1.165, 1.54) is 17.8 Å². The van der Waals surface area contributed by atoms with Crippen molar-refractivity contribution in [1.82, 2.24) is 10.3 Å². The van der Waals surface area contributed by atoms with Gasteiger partial charge >= 0.3 is 0 Å². The van der Waals surface area contributed by atoms with E-state index in [0.29, 0.717) is 12.2 Å². The van der Waals surface area contributed by atoms with E-state index in [-0.39, 0.29) is 11.7 Å². The lowest BCUT2D eigenvalue weighted by Gasteiger charge is -2.37. The van der Waals surface area contributed by atoms with Gasteiger partial charge in [0.05, 0.1) is 0 Å². The van der Waals surface area contributed by atoms with E-state index in [4.69, 9.17) is 0 Å². The highest BCUT2D eigenvalue weighted by molar-refractivity contribution is 5.93. The summed E-state index contributed by atoms with van der Waals surface area (Å²) in [7, 11) is 0. The Kier molecular flexibility index (Phi) is 5.70. The summed E-state index contributed by atoms with van der Waals surface area (Å²) in [4.78, 5) is 21.3. The van der Waals surface area contributed by atoms with Crippen LogP contribution in [0.5, 0.6) is 0 Å². The maximum atomic E-state index is 13.0. The average Bonchev–Trinajstić information content (AvgIpc) is 2.79. The predicted octanol–water partition coefficient (Wildman–Crippen LogP) is 3.48. The fourth-order valence-electron chi connectivity index (χ4n) is 3.48. The fourth-order valence-corrected chi connectivity index (χ4v) is 3.48. The lowest BCUT2D eigenvalue weighted by molar-refractivity contribution is 0.0946. The van der Waals surface area contributed by atoms with Gasteiger partial charge in [-0.3, -0.25) is 9.78 Å². The van der Waals surface area contributed by atoms with Crippen LogP contribution in [0.25, 0.3) is 0 Å². The lowest BCUT2D eigenvalue weighted by atomic mass is 10.2. The molecule has 1 aromatic heterocycles. The molecule has 29 heavy (non-hydrogen) atoms. The van der Waals surface area contributed by atoms with Gasteiger partial charge in [-0.1, -0.05) is 30.3 Å². The first kappa shape index (κ1) is 18.9. The largest absolute Gasteiger partial charge is 0.368 e. The summed E-state index contributed by atoms with van der Waals surface area (Å²) in [5, 5.41) is 2.84. The monoisotopic (exact) mass is 390 g/mol. The molecule has 3 aromatic rings. The molecule has 2 heterocycles. The number of pyridine rings is 1. The molecule has 1 saturated heterocycles. The van der Waals surface area contributed by atoms with Crippen LogP contribution in [-0.2, 0) is 6.54 Å². The molecule has 0 aliphatic carbocycles. The second-order valence-electron chi connectivity index (χ2n) is 7.02. The van der Waals surface area contributed by atoms with Gasteiger partial charge in [-0.25, -0.2) is 4.39 Å². The van der Waals surface area contributed by atoms with Crippen molar-refractivity contribution in [2.24, 2.45) is 0 Å². The minimum Gasteiger partial charge on any atom is -0.368 e. The molecule has 1 amide bonds. The van der Waals surface area contributed by atoms with Gasteiger partial charge in [0.25, 0.3) is 5.91 Å². The third kappa shape index (κ3) is 4.71. The highest BCUT2D eigenvalue weighted by Crippen LogP contribution is 2.20. The van der Waals surface area contributed by atoms with Crippen LogP contribution in [0.3, 0.4) is 0 Å². The number of nitrogens with zero attached hydrogens (tertiary/aromatic N) is 3. The SMILES string of the molecule is O=C(NCc1ccc(F)cc1)c1cc(N2CCN(c3ccccc3)CC2)ccn1. The number of anilines is 2. The van der Waals surface area contributed by atoms with E-state index in [9.17, 15) is 9.18 Å². The van der Waals surface area contributed by atoms with Crippen LogP contribution >= 0.6 is 0 Å². The number of benzene rings is 2. The van der Waals surface area contributed by atoms with E-state index in [1.54, 1.807) is 18.3 Å². The summed E-state index contributed by atoms with van der Waals surface area (Å²) in [5.74, 6) is -0.527. The molecular formula is C23H23FN4O. The van der Waals surface area contributed by atoms with E-state index in [1.807, 2.05) is 18.2 Å². The van der Waals surface area contributed by atoms with Crippen LogP contribution in [-0.4, -0.2) is 37.1 Å². The van der Waals surface area contributed by atoms with Crippen LogP contribution in [0, 0.1) is 5.82 Å². The predicted molar refractivity (Wildman–Crippen MR) is 113 cm³/mol. The zero-order valence-corrected chi connectivity index (χ0v) is 16.1. The molecule has 0 radical (unpaired) electrons. The van der Waals surface area contributed by atoms with Crippen molar-refractivity contribution < 1.29 is 9.18 Å². The first-order valence-electron chi connectivity index (χ1n) is 9.73. The number of carbonyl (C=O) groups excluding carboxylic acids is 1. The maximum Gasteiger partial charge on any atom is 0.270 e. The zero-order chi connectivity index (χ0) is 20.1. The molecule has 1 aliphatic rings. The minimum atomic E-state index is -0.290. The molecule has 0 bridgehead atoms. The summed E-state index contributed by atoms with van der Waals surface area (Å²) < 4.78 is 13.0. The number of rotatable bonds is 5. The highest BCUT2D eigenvalue weighted by Gasteiger charge is 2.18. The number of carbonyl (C=O) groups is 1. The third-order valence-electron chi connectivity index (χ3n) is 5.11. The molecule has 5 nitrogen and oxygen atoms in total.